The van der Waals surface area contributed by atoms with Gasteiger partial charge in [-0.2, -0.15) is 0 Å². The van der Waals surface area contributed by atoms with E-state index < -0.39 is 0 Å². The molecule has 1 saturated heterocycles. The molecule has 2 unspecified atom stereocenters. The molecule has 2 aliphatic rings. The second kappa shape index (κ2) is 4.76. The molecule has 2 atom stereocenters. The second-order valence-electron chi connectivity index (χ2n) is 5.85. The predicted molar refractivity (Wildman–Crippen MR) is 72.9 cm³/mol. The molecule has 0 amide bonds. The van der Waals surface area contributed by atoms with Crippen molar-refractivity contribution in [2.75, 3.05) is 27.2 Å². The van der Waals surface area contributed by atoms with Crippen molar-refractivity contribution in [3.8, 4) is 5.75 Å². The molecule has 0 aromatic heterocycles. The Morgan fingerprint density at radius 2 is 2.32 bits per heavy atom. The molecule has 4 heteroatoms. The lowest BCUT2D eigenvalue weighted by Crippen LogP contribution is -2.54. The van der Waals surface area contributed by atoms with Gasteiger partial charge >= 0.3 is 0 Å². The fourth-order valence-corrected chi connectivity index (χ4v) is 3.47. The fraction of sp³-hybridized carbons (Fsp3) is 0.600. The van der Waals surface area contributed by atoms with Crippen molar-refractivity contribution in [1.29, 1.82) is 0 Å². The lowest BCUT2D eigenvalue weighted by atomic mass is 9.82. The van der Waals surface area contributed by atoms with Crippen LogP contribution in [-0.4, -0.2) is 37.7 Å². The van der Waals surface area contributed by atoms with E-state index in [0.717, 1.165) is 37.9 Å². The number of hydrogen-bond acceptors (Lipinski definition) is 3. The highest BCUT2D eigenvalue weighted by atomic mass is 19.1. The Morgan fingerprint density at radius 3 is 3.05 bits per heavy atom. The molecule has 104 valence electrons. The van der Waals surface area contributed by atoms with Crippen LogP contribution in [0.5, 0.6) is 5.75 Å². The Labute approximate surface area is 113 Å². The van der Waals surface area contributed by atoms with Gasteiger partial charge in [-0.15, -0.1) is 0 Å². The maximum Gasteiger partial charge on any atom is 0.127 e. The van der Waals surface area contributed by atoms with Gasteiger partial charge in [0.1, 0.15) is 17.2 Å². The number of nitrogens with zero attached hydrogens (tertiary/aromatic N) is 1. The van der Waals surface area contributed by atoms with Crippen molar-refractivity contribution >= 4 is 0 Å². The fourth-order valence-electron chi connectivity index (χ4n) is 3.47. The van der Waals surface area contributed by atoms with Crippen LogP contribution in [0.3, 0.4) is 0 Å². The highest BCUT2D eigenvalue weighted by molar-refractivity contribution is 5.39. The third-order valence-corrected chi connectivity index (χ3v) is 4.33. The number of likely N-dealkylation sites (N-methyl/N-ethyl adjacent to an activating group) is 1. The van der Waals surface area contributed by atoms with E-state index in [9.17, 15) is 4.39 Å². The van der Waals surface area contributed by atoms with Gasteiger partial charge in [0.15, 0.2) is 0 Å². The summed E-state index contributed by atoms with van der Waals surface area (Å²) in [5, 5.41) is 3.35. The van der Waals surface area contributed by atoms with Gasteiger partial charge in [0, 0.05) is 30.6 Å². The Morgan fingerprint density at radius 1 is 1.47 bits per heavy atom. The number of piperidine rings is 1. The van der Waals surface area contributed by atoms with E-state index in [1.54, 1.807) is 0 Å². The van der Waals surface area contributed by atoms with Gasteiger partial charge in [-0.25, -0.2) is 4.39 Å². The third kappa shape index (κ3) is 2.35. The van der Waals surface area contributed by atoms with Crippen molar-refractivity contribution in [2.24, 2.45) is 0 Å². The van der Waals surface area contributed by atoms with Gasteiger partial charge in [0.05, 0.1) is 0 Å². The summed E-state index contributed by atoms with van der Waals surface area (Å²) >= 11 is 0. The molecule has 0 bridgehead atoms. The minimum atomic E-state index is -0.227. The summed E-state index contributed by atoms with van der Waals surface area (Å²) in [6, 6.07) is 5.12. The van der Waals surface area contributed by atoms with Crippen LogP contribution < -0.4 is 10.1 Å². The van der Waals surface area contributed by atoms with E-state index in [2.05, 4.69) is 17.3 Å². The Kier molecular flexibility index (Phi) is 3.23. The molecule has 1 aromatic carbocycles. The van der Waals surface area contributed by atoms with Crippen molar-refractivity contribution in [3.63, 3.8) is 0 Å². The normalized spacial score (nSPS) is 31.0. The summed E-state index contributed by atoms with van der Waals surface area (Å²) < 4.78 is 19.7. The van der Waals surface area contributed by atoms with Crippen LogP contribution in [0, 0.1) is 5.82 Å². The average Bonchev–Trinajstić information content (AvgIpc) is 2.37. The summed E-state index contributed by atoms with van der Waals surface area (Å²) in [4.78, 5) is 2.31. The largest absolute Gasteiger partial charge is 0.485 e. The van der Waals surface area contributed by atoms with Crippen LogP contribution in [-0.2, 0) is 0 Å². The first kappa shape index (κ1) is 12.9. The molecule has 3 nitrogen and oxygen atoms in total. The summed E-state index contributed by atoms with van der Waals surface area (Å²) in [7, 11) is 4.09. The van der Waals surface area contributed by atoms with Crippen molar-refractivity contribution in [1.82, 2.24) is 10.2 Å². The van der Waals surface area contributed by atoms with Crippen LogP contribution >= 0.6 is 0 Å². The smallest absolute Gasteiger partial charge is 0.127 e. The van der Waals surface area contributed by atoms with Gasteiger partial charge in [0.25, 0.3) is 0 Å². The zero-order valence-electron chi connectivity index (χ0n) is 11.6. The zero-order chi connectivity index (χ0) is 13.5. The topological polar surface area (TPSA) is 24.5 Å². The first-order valence-electron chi connectivity index (χ1n) is 6.96. The minimum absolute atomic E-state index is 0.165. The second-order valence-corrected chi connectivity index (χ2v) is 5.85. The summed E-state index contributed by atoms with van der Waals surface area (Å²) in [6.45, 7) is 2.03. The third-order valence-electron chi connectivity index (χ3n) is 4.33. The van der Waals surface area contributed by atoms with Crippen LogP contribution in [0.1, 0.15) is 30.9 Å². The number of likely N-dealkylation sites (tertiary alicyclic amines) is 1. The number of benzene rings is 1. The number of ether oxygens (including phenoxy) is 1. The Bertz CT molecular complexity index is 479. The zero-order valence-corrected chi connectivity index (χ0v) is 11.6. The van der Waals surface area contributed by atoms with E-state index in [1.165, 1.54) is 12.1 Å². The number of fused-ring (bicyclic) bond motifs is 1. The molecule has 1 aromatic rings. The van der Waals surface area contributed by atoms with Gasteiger partial charge < -0.3 is 15.0 Å². The SMILES string of the molecule is CNC1CC2(CCCN(C)C2)Oc2cc(F)ccc21. The first-order chi connectivity index (χ1) is 9.12. The van der Waals surface area contributed by atoms with Crippen LogP contribution in [0.2, 0.25) is 0 Å². The molecular formula is C15H21FN2O. The lowest BCUT2D eigenvalue weighted by molar-refractivity contribution is -0.0265. The monoisotopic (exact) mass is 264 g/mol. The maximum absolute atomic E-state index is 13.4. The van der Waals surface area contributed by atoms with E-state index in [0.29, 0.717) is 5.75 Å². The molecule has 1 N–H and O–H groups in total. The van der Waals surface area contributed by atoms with Crippen LogP contribution in [0.25, 0.3) is 0 Å². The summed E-state index contributed by atoms with van der Waals surface area (Å²) in [5.74, 6) is 0.482. The first-order valence-corrected chi connectivity index (χ1v) is 6.96. The average molecular weight is 264 g/mol. The standard InChI is InChI=1S/C15H21FN2O/c1-17-13-9-15(6-3-7-18(2)10-15)19-14-8-11(16)4-5-12(13)14/h4-5,8,13,17H,3,6-7,9-10H2,1-2H3. The van der Waals surface area contributed by atoms with Crippen molar-refractivity contribution in [2.45, 2.75) is 30.9 Å². The highest BCUT2D eigenvalue weighted by Crippen LogP contribution is 2.43. The molecule has 3 rings (SSSR count). The number of hydrogen-bond donors (Lipinski definition) is 1. The molecule has 19 heavy (non-hydrogen) atoms. The number of rotatable bonds is 1. The molecule has 1 spiro atoms. The Balaban J connectivity index is 1.96. The molecular weight excluding hydrogens is 243 g/mol. The van der Waals surface area contributed by atoms with Gasteiger partial charge in [-0.3, -0.25) is 0 Å². The number of halogens is 1. The van der Waals surface area contributed by atoms with Gasteiger partial charge in [0.2, 0.25) is 0 Å². The van der Waals surface area contributed by atoms with Gasteiger partial charge in [-0.05, 0) is 39.5 Å². The lowest BCUT2D eigenvalue weighted by Gasteiger charge is -2.46. The van der Waals surface area contributed by atoms with Gasteiger partial charge in [-0.1, -0.05) is 6.07 Å². The molecule has 0 saturated carbocycles. The maximum atomic E-state index is 13.4. The molecule has 2 aliphatic heterocycles. The minimum Gasteiger partial charge on any atom is -0.485 e. The van der Waals surface area contributed by atoms with E-state index in [-0.39, 0.29) is 17.5 Å². The van der Waals surface area contributed by atoms with E-state index >= 15 is 0 Å². The summed E-state index contributed by atoms with van der Waals surface area (Å²) in [5.41, 5.74) is 0.907. The Hall–Kier alpha value is -1.13. The van der Waals surface area contributed by atoms with Crippen LogP contribution in [0.4, 0.5) is 4.39 Å². The quantitative estimate of drug-likeness (QED) is 0.842. The summed E-state index contributed by atoms with van der Waals surface area (Å²) in [6.07, 6.45) is 3.13. The van der Waals surface area contributed by atoms with Crippen LogP contribution in [0.15, 0.2) is 18.2 Å². The molecule has 0 aliphatic carbocycles. The predicted octanol–water partition coefficient (Wildman–Crippen LogP) is 2.33. The molecule has 1 fully saturated rings. The molecule has 0 radical (unpaired) electrons. The van der Waals surface area contributed by atoms with E-state index in [4.69, 9.17) is 4.74 Å². The van der Waals surface area contributed by atoms with E-state index in [1.807, 2.05) is 13.1 Å². The highest BCUT2D eigenvalue weighted by Gasteiger charge is 2.42. The number of nitrogens with one attached hydrogen (secondary N) is 1. The van der Waals surface area contributed by atoms with Crippen molar-refractivity contribution in [3.05, 3.63) is 29.6 Å². The molecule has 2 heterocycles. The van der Waals surface area contributed by atoms with Crippen molar-refractivity contribution < 1.29 is 9.13 Å².